The monoisotopic (exact) mass is 240 g/mol. The van der Waals surface area contributed by atoms with E-state index in [1.54, 1.807) is 0 Å². The van der Waals surface area contributed by atoms with E-state index in [0.717, 1.165) is 17.1 Å². The Morgan fingerprint density at radius 1 is 1.17 bits per heavy atom. The number of rotatable bonds is 2. The fourth-order valence-electron chi connectivity index (χ4n) is 2.82. The minimum Gasteiger partial charge on any atom is -0.317 e. The maximum atomic E-state index is 4.55. The van der Waals surface area contributed by atoms with Gasteiger partial charge in [0.1, 0.15) is 0 Å². The van der Waals surface area contributed by atoms with E-state index in [1.165, 1.54) is 43.3 Å². The third-order valence-corrected chi connectivity index (χ3v) is 3.88. The van der Waals surface area contributed by atoms with Gasteiger partial charge in [-0.05, 0) is 69.0 Å². The molecule has 1 aromatic carbocycles. The van der Waals surface area contributed by atoms with E-state index in [9.17, 15) is 0 Å². The summed E-state index contributed by atoms with van der Waals surface area (Å²) in [5.74, 6) is 0.849. The molecule has 0 unspecified atom stereocenters. The van der Waals surface area contributed by atoms with Crippen molar-refractivity contribution < 1.29 is 0 Å². The lowest BCUT2D eigenvalue weighted by atomic mass is 9.90. The van der Waals surface area contributed by atoms with Crippen molar-refractivity contribution in [2.24, 2.45) is 5.92 Å². The molecule has 1 fully saturated rings. The number of hydrogen-bond acceptors (Lipinski definition) is 2. The number of hydrogen-bond donors (Lipinski definition) is 1. The van der Waals surface area contributed by atoms with Crippen molar-refractivity contribution in [1.82, 2.24) is 10.3 Å². The van der Waals surface area contributed by atoms with Crippen LogP contribution in [0, 0.1) is 12.8 Å². The van der Waals surface area contributed by atoms with Gasteiger partial charge in [0, 0.05) is 11.1 Å². The van der Waals surface area contributed by atoms with Gasteiger partial charge < -0.3 is 5.32 Å². The smallest absolute Gasteiger partial charge is 0.0705 e. The molecule has 18 heavy (non-hydrogen) atoms. The molecule has 2 heteroatoms. The molecule has 0 aliphatic carbocycles. The third kappa shape index (κ3) is 2.54. The van der Waals surface area contributed by atoms with Gasteiger partial charge in [0.05, 0.1) is 5.52 Å². The van der Waals surface area contributed by atoms with E-state index < -0.39 is 0 Å². The molecule has 0 spiro atoms. The number of aryl methyl sites for hydroxylation is 1. The molecule has 0 saturated carbocycles. The molecule has 2 nitrogen and oxygen atoms in total. The van der Waals surface area contributed by atoms with E-state index in [4.69, 9.17) is 0 Å². The summed E-state index contributed by atoms with van der Waals surface area (Å²) >= 11 is 0. The molecule has 3 rings (SSSR count). The first-order valence-electron chi connectivity index (χ1n) is 6.88. The summed E-state index contributed by atoms with van der Waals surface area (Å²) < 4.78 is 0. The van der Waals surface area contributed by atoms with E-state index in [0.29, 0.717) is 0 Å². The lowest BCUT2D eigenvalue weighted by molar-refractivity contribution is 0.373. The second-order valence-corrected chi connectivity index (χ2v) is 5.38. The topological polar surface area (TPSA) is 24.9 Å². The van der Waals surface area contributed by atoms with Gasteiger partial charge in [-0.3, -0.25) is 4.98 Å². The van der Waals surface area contributed by atoms with Gasteiger partial charge >= 0.3 is 0 Å². The van der Waals surface area contributed by atoms with Crippen LogP contribution in [0.25, 0.3) is 10.9 Å². The molecule has 1 N–H and O–H groups in total. The molecule has 1 saturated heterocycles. The zero-order valence-electron chi connectivity index (χ0n) is 10.9. The summed E-state index contributed by atoms with van der Waals surface area (Å²) in [6.45, 7) is 4.40. The van der Waals surface area contributed by atoms with Gasteiger partial charge in [-0.1, -0.05) is 12.1 Å². The van der Waals surface area contributed by atoms with Crippen LogP contribution in [0.15, 0.2) is 30.3 Å². The third-order valence-electron chi connectivity index (χ3n) is 3.88. The molecular weight excluding hydrogens is 220 g/mol. The Hall–Kier alpha value is -1.41. The van der Waals surface area contributed by atoms with Crippen LogP contribution in [0.1, 0.15) is 24.1 Å². The van der Waals surface area contributed by atoms with E-state index in [1.807, 2.05) is 6.92 Å². The predicted molar refractivity (Wildman–Crippen MR) is 75.8 cm³/mol. The molecule has 0 radical (unpaired) electrons. The number of piperidine rings is 1. The minimum absolute atomic E-state index is 0.849. The Labute approximate surface area is 108 Å². The predicted octanol–water partition coefficient (Wildman–Crippen LogP) is 3.09. The van der Waals surface area contributed by atoms with Crippen molar-refractivity contribution in [1.29, 1.82) is 0 Å². The summed E-state index contributed by atoms with van der Waals surface area (Å²) in [6.07, 6.45) is 3.83. The highest BCUT2D eigenvalue weighted by Gasteiger charge is 2.13. The highest BCUT2D eigenvalue weighted by molar-refractivity contribution is 5.79. The molecule has 2 aromatic rings. The molecule has 1 aliphatic rings. The normalized spacial score (nSPS) is 17.2. The lowest BCUT2D eigenvalue weighted by Crippen LogP contribution is -2.28. The SMILES string of the molecule is Cc1ccc2cc(CC3CCNCC3)ccc2n1. The van der Waals surface area contributed by atoms with Crippen molar-refractivity contribution in [3.63, 3.8) is 0 Å². The lowest BCUT2D eigenvalue weighted by Gasteiger charge is -2.22. The van der Waals surface area contributed by atoms with Crippen LogP contribution < -0.4 is 5.32 Å². The van der Waals surface area contributed by atoms with Crippen LogP contribution >= 0.6 is 0 Å². The zero-order chi connectivity index (χ0) is 12.4. The summed E-state index contributed by atoms with van der Waals surface area (Å²) in [5, 5.41) is 4.70. The van der Waals surface area contributed by atoms with Crippen LogP contribution in [0.5, 0.6) is 0 Å². The maximum absolute atomic E-state index is 4.55. The highest BCUT2D eigenvalue weighted by atomic mass is 14.9. The Balaban J connectivity index is 1.82. The largest absolute Gasteiger partial charge is 0.317 e. The number of nitrogens with one attached hydrogen (secondary N) is 1. The molecule has 0 atom stereocenters. The molecule has 0 amide bonds. The van der Waals surface area contributed by atoms with Crippen LogP contribution in [-0.4, -0.2) is 18.1 Å². The Bertz CT molecular complexity index is 542. The molecule has 2 heterocycles. The van der Waals surface area contributed by atoms with Gasteiger partial charge in [0.25, 0.3) is 0 Å². The first-order valence-corrected chi connectivity index (χ1v) is 6.88. The summed E-state index contributed by atoms with van der Waals surface area (Å²) in [4.78, 5) is 4.55. The second kappa shape index (κ2) is 5.07. The summed E-state index contributed by atoms with van der Waals surface area (Å²) in [7, 11) is 0. The second-order valence-electron chi connectivity index (χ2n) is 5.38. The first kappa shape index (κ1) is 11.7. The Morgan fingerprint density at radius 2 is 2.00 bits per heavy atom. The van der Waals surface area contributed by atoms with Gasteiger partial charge in [0.2, 0.25) is 0 Å². The van der Waals surface area contributed by atoms with Crippen molar-refractivity contribution in [2.75, 3.05) is 13.1 Å². The van der Waals surface area contributed by atoms with Crippen LogP contribution in [0.3, 0.4) is 0 Å². The first-order chi connectivity index (χ1) is 8.81. The van der Waals surface area contributed by atoms with Crippen LogP contribution in [-0.2, 0) is 6.42 Å². The van der Waals surface area contributed by atoms with Gasteiger partial charge in [-0.15, -0.1) is 0 Å². The van der Waals surface area contributed by atoms with Crippen LogP contribution in [0.4, 0.5) is 0 Å². The van der Waals surface area contributed by atoms with E-state index in [2.05, 4.69) is 40.6 Å². The molecule has 1 aromatic heterocycles. The summed E-state index contributed by atoms with van der Waals surface area (Å²) in [5.41, 5.74) is 3.66. The highest BCUT2D eigenvalue weighted by Crippen LogP contribution is 2.21. The van der Waals surface area contributed by atoms with Crippen molar-refractivity contribution in [2.45, 2.75) is 26.2 Å². The molecule has 1 aliphatic heterocycles. The van der Waals surface area contributed by atoms with Gasteiger partial charge in [-0.25, -0.2) is 0 Å². The fourth-order valence-corrected chi connectivity index (χ4v) is 2.82. The van der Waals surface area contributed by atoms with Crippen LogP contribution in [0.2, 0.25) is 0 Å². The molecule has 0 bridgehead atoms. The quantitative estimate of drug-likeness (QED) is 0.872. The fraction of sp³-hybridized carbons (Fsp3) is 0.438. The average molecular weight is 240 g/mol. The van der Waals surface area contributed by atoms with Crippen molar-refractivity contribution >= 4 is 10.9 Å². The number of fused-ring (bicyclic) bond motifs is 1. The summed E-state index contributed by atoms with van der Waals surface area (Å²) in [6, 6.07) is 11.0. The van der Waals surface area contributed by atoms with Crippen molar-refractivity contribution in [3.8, 4) is 0 Å². The number of aromatic nitrogens is 1. The maximum Gasteiger partial charge on any atom is 0.0705 e. The van der Waals surface area contributed by atoms with Crippen molar-refractivity contribution in [3.05, 3.63) is 41.6 Å². The number of pyridine rings is 1. The number of benzene rings is 1. The number of nitrogens with zero attached hydrogens (tertiary/aromatic N) is 1. The minimum atomic E-state index is 0.849. The average Bonchev–Trinajstić information content (AvgIpc) is 2.40. The van der Waals surface area contributed by atoms with E-state index >= 15 is 0 Å². The van der Waals surface area contributed by atoms with Gasteiger partial charge in [-0.2, -0.15) is 0 Å². The Morgan fingerprint density at radius 3 is 2.83 bits per heavy atom. The molecular formula is C16H20N2. The zero-order valence-corrected chi connectivity index (χ0v) is 10.9. The molecule has 94 valence electrons. The van der Waals surface area contributed by atoms with Gasteiger partial charge in [0.15, 0.2) is 0 Å². The Kier molecular flexibility index (Phi) is 3.28. The van der Waals surface area contributed by atoms with E-state index in [-0.39, 0.29) is 0 Å². The standard InChI is InChI=1S/C16H20N2/c1-12-2-4-15-11-14(3-5-16(15)18-12)10-13-6-8-17-9-7-13/h2-5,11,13,17H,6-10H2,1H3.